The van der Waals surface area contributed by atoms with Gasteiger partial charge in [0.2, 0.25) is 0 Å². The largest absolute Gasteiger partial charge is 0.380 e. The van der Waals surface area contributed by atoms with Gasteiger partial charge in [-0.05, 0) is 25.3 Å². The smallest absolute Gasteiger partial charge is 0.175 e. The van der Waals surface area contributed by atoms with Crippen LogP contribution in [0.4, 0.5) is 5.82 Å². The fourth-order valence-corrected chi connectivity index (χ4v) is 2.36. The van der Waals surface area contributed by atoms with Crippen molar-refractivity contribution in [2.45, 2.75) is 32.1 Å². The Morgan fingerprint density at radius 1 is 1.35 bits per heavy atom. The van der Waals surface area contributed by atoms with Crippen LogP contribution >= 0.6 is 0 Å². The molecule has 3 nitrogen and oxygen atoms in total. The summed E-state index contributed by atoms with van der Waals surface area (Å²) in [7, 11) is 0. The van der Waals surface area contributed by atoms with Crippen LogP contribution in [0.15, 0.2) is 28.8 Å². The van der Waals surface area contributed by atoms with Crippen LogP contribution in [0.25, 0.3) is 11.1 Å². The molecule has 1 heterocycles. The van der Waals surface area contributed by atoms with Gasteiger partial charge in [-0.25, -0.2) is 0 Å². The van der Waals surface area contributed by atoms with Crippen molar-refractivity contribution in [1.82, 2.24) is 5.16 Å². The van der Waals surface area contributed by atoms with Crippen LogP contribution in [0.3, 0.4) is 0 Å². The van der Waals surface area contributed by atoms with Gasteiger partial charge in [0.15, 0.2) is 5.82 Å². The standard InChI is InChI=1S/C14H16N2O/c1-9-4-2-7-11(8-9)12-13(10-5-3-6-10)17-16-14(12)15/h2,4,7-8,10H,3,5-6H2,1H3,(H2,15,16). The second-order valence-corrected chi connectivity index (χ2v) is 4.80. The number of anilines is 1. The maximum absolute atomic E-state index is 5.94. The Morgan fingerprint density at radius 2 is 2.18 bits per heavy atom. The van der Waals surface area contributed by atoms with E-state index in [-0.39, 0.29) is 0 Å². The van der Waals surface area contributed by atoms with E-state index in [1.165, 1.54) is 24.8 Å². The van der Waals surface area contributed by atoms with E-state index in [9.17, 15) is 0 Å². The zero-order valence-electron chi connectivity index (χ0n) is 9.94. The van der Waals surface area contributed by atoms with E-state index in [1.807, 2.05) is 6.07 Å². The lowest BCUT2D eigenvalue weighted by Crippen LogP contribution is -2.08. The van der Waals surface area contributed by atoms with Crippen LogP contribution in [0.1, 0.15) is 36.5 Å². The highest BCUT2D eigenvalue weighted by Gasteiger charge is 2.28. The maximum Gasteiger partial charge on any atom is 0.175 e. The quantitative estimate of drug-likeness (QED) is 0.855. The van der Waals surface area contributed by atoms with Crippen molar-refractivity contribution in [2.24, 2.45) is 0 Å². The fraction of sp³-hybridized carbons (Fsp3) is 0.357. The SMILES string of the molecule is Cc1cccc(-c2c(N)noc2C2CCC2)c1. The first-order valence-corrected chi connectivity index (χ1v) is 6.08. The number of aromatic nitrogens is 1. The predicted octanol–water partition coefficient (Wildman–Crippen LogP) is 3.50. The highest BCUT2D eigenvalue weighted by atomic mass is 16.5. The summed E-state index contributed by atoms with van der Waals surface area (Å²) in [6.45, 7) is 2.08. The van der Waals surface area contributed by atoms with Crippen molar-refractivity contribution in [3.8, 4) is 11.1 Å². The number of nitrogens with two attached hydrogens (primary N) is 1. The molecule has 0 radical (unpaired) electrons. The molecule has 1 saturated carbocycles. The molecule has 17 heavy (non-hydrogen) atoms. The van der Waals surface area contributed by atoms with Crippen LogP contribution in [-0.2, 0) is 0 Å². The summed E-state index contributed by atoms with van der Waals surface area (Å²) in [5, 5.41) is 3.93. The monoisotopic (exact) mass is 228 g/mol. The van der Waals surface area contributed by atoms with Gasteiger partial charge in [0.25, 0.3) is 0 Å². The molecule has 1 aromatic heterocycles. The summed E-state index contributed by atoms with van der Waals surface area (Å²) in [5.41, 5.74) is 9.27. The summed E-state index contributed by atoms with van der Waals surface area (Å²) in [6, 6.07) is 8.32. The zero-order chi connectivity index (χ0) is 11.8. The van der Waals surface area contributed by atoms with Crippen LogP contribution in [-0.4, -0.2) is 5.16 Å². The van der Waals surface area contributed by atoms with E-state index in [4.69, 9.17) is 10.3 Å². The number of aryl methyl sites for hydroxylation is 1. The van der Waals surface area contributed by atoms with E-state index in [1.54, 1.807) is 0 Å². The molecule has 1 aliphatic rings. The van der Waals surface area contributed by atoms with Gasteiger partial charge in [0.1, 0.15) is 5.76 Å². The van der Waals surface area contributed by atoms with Crippen molar-refractivity contribution < 1.29 is 4.52 Å². The molecule has 1 fully saturated rings. The molecule has 2 aromatic rings. The minimum absolute atomic E-state index is 0.510. The molecular formula is C14H16N2O. The Hall–Kier alpha value is -1.77. The molecule has 2 N–H and O–H groups in total. The van der Waals surface area contributed by atoms with E-state index < -0.39 is 0 Å². The first-order valence-electron chi connectivity index (χ1n) is 6.08. The van der Waals surface area contributed by atoms with Crippen LogP contribution in [0, 0.1) is 6.92 Å². The zero-order valence-corrected chi connectivity index (χ0v) is 9.94. The third-order valence-corrected chi connectivity index (χ3v) is 3.53. The maximum atomic E-state index is 5.94. The Kier molecular flexibility index (Phi) is 2.39. The number of benzene rings is 1. The lowest BCUT2D eigenvalue weighted by atomic mass is 9.81. The van der Waals surface area contributed by atoms with Gasteiger partial charge in [-0.15, -0.1) is 0 Å². The predicted molar refractivity (Wildman–Crippen MR) is 67.7 cm³/mol. The first-order chi connectivity index (χ1) is 8.25. The number of nitrogen functional groups attached to an aromatic ring is 1. The van der Waals surface area contributed by atoms with Crippen molar-refractivity contribution in [1.29, 1.82) is 0 Å². The summed E-state index contributed by atoms with van der Waals surface area (Å²) in [5.74, 6) is 1.99. The van der Waals surface area contributed by atoms with E-state index >= 15 is 0 Å². The Labute approximate surface area is 101 Å². The molecule has 0 amide bonds. The highest BCUT2D eigenvalue weighted by Crippen LogP contribution is 2.43. The Bertz CT molecular complexity index is 541. The highest BCUT2D eigenvalue weighted by molar-refractivity contribution is 5.76. The average molecular weight is 228 g/mol. The normalized spacial score (nSPS) is 15.8. The van der Waals surface area contributed by atoms with Gasteiger partial charge in [0, 0.05) is 5.92 Å². The second-order valence-electron chi connectivity index (χ2n) is 4.80. The minimum atomic E-state index is 0.510. The molecule has 3 heteroatoms. The van der Waals surface area contributed by atoms with Crippen LogP contribution in [0.5, 0.6) is 0 Å². The van der Waals surface area contributed by atoms with Gasteiger partial charge >= 0.3 is 0 Å². The topological polar surface area (TPSA) is 52.0 Å². The lowest BCUT2D eigenvalue weighted by molar-refractivity contribution is 0.302. The van der Waals surface area contributed by atoms with Crippen LogP contribution < -0.4 is 5.73 Å². The lowest BCUT2D eigenvalue weighted by Gasteiger charge is -2.23. The van der Waals surface area contributed by atoms with Crippen molar-refractivity contribution in [3.63, 3.8) is 0 Å². The summed E-state index contributed by atoms with van der Waals surface area (Å²) >= 11 is 0. The summed E-state index contributed by atoms with van der Waals surface area (Å²) in [4.78, 5) is 0. The summed E-state index contributed by atoms with van der Waals surface area (Å²) < 4.78 is 5.42. The van der Waals surface area contributed by atoms with Crippen molar-refractivity contribution in [3.05, 3.63) is 35.6 Å². The Morgan fingerprint density at radius 3 is 2.82 bits per heavy atom. The van der Waals surface area contributed by atoms with Gasteiger partial charge in [-0.1, -0.05) is 41.4 Å². The number of nitrogens with zero attached hydrogens (tertiary/aromatic N) is 1. The molecule has 88 valence electrons. The van der Waals surface area contributed by atoms with E-state index in [2.05, 4.69) is 30.3 Å². The van der Waals surface area contributed by atoms with E-state index in [0.717, 1.165) is 16.9 Å². The van der Waals surface area contributed by atoms with E-state index in [0.29, 0.717) is 11.7 Å². The van der Waals surface area contributed by atoms with Crippen molar-refractivity contribution in [2.75, 3.05) is 5.73 Å². The summed E-state index contributed by atoms with van der Waals surface area (Å²) in [6.07, 6.45) is 3.65. The fourth-order valence-electron chi connectivity index (χ4n) is 2.36. The number of rotatable bonds is 2. The molecule has 0 aliphatic heterocycles. The van der Waals surface area contributed by atoms with Crippen molar-refractivity contribution >= 4 is 5.82 Å². The average Bonchev–Trinajstić information content (AvgIpc) is 2.58. The number of hydrogen-bond donors (Lipinski definition) is 1. The minimum Gasteiger partial charge on any atom is -0.380 e. The molecule has 0 spiro atoms. The van der Waals surface area contributed by atoms with Gasteiger partial charge in [0.05, 0.1) is 5.56 Å². The molecule has 1 aliphatic carbocycles. The number of hydrogen-bond acceptors (Lipinski definition) is 3. The molecular weight excluding hydrogens is 212 g/mol. The molecule has 0 bridgehead atoms. The molecule has 0 unspecified atom stereocenters. The molecule has 0 atom stereocenters. The van der Waals surface area contributed by atoms with Gasteiger partial charge < -0.3 is 10.3 Å². The third kappa shape index (κ3) is 1.71. The van der Waals surface area contributed by atoms with Gasteiger partial charge in [-0.3, -0.25) is 0 Å². The second kappa shape index (κ2) is 3.91. The van der Waals surface area contributed by atoms with Gasteiger partial charge in [-0.2, -0.15) is 0 Å². The third-order valence-electron chi connectivity index (χ3n) is 3.53. The molecule has 0 saturated heterocycles. The molecule has 3 rings (SSSR count). The molecule has 1 aromatic carbocycles. The van der Waals surface area contributed by atoms with Crippen LogP contribution in [0.2, 0.25) is 0 Å². The Balaban J connectivity index is 2.09. The first kappa shape index (κ1) is 10.4.